The number of ketones is 1. The second kappa shape index (κ2) is 22.9. The van der Waals surface area contributed by atoms with Crippen molar-refractivity contribution in [1.82, 2.24) is 9.97 Å². The predicted octanol–water partition coefficient (Wildman–Crippen LogP) is 16.9. The molecule has 0 aliphatic rings. The van der Waals surface area contributed by atoms with Gasteiger partial charge in [-0.15, -0.1) is 0 Å². The van der Waals surface area contributed by atoms with Crippen LogP contribution in [0.1, 0.15) is 83.5 Å². The number of carbonyl (C=O) groups excluding carboxylic acids is 1. The molecule has 0 spiro atoms. The van der Waals surface area contributed by atoms with Crippen molar-refractivity contribution in [2.24, 2.45) is 0 Å². The SMILES string of the molecule is C=[C](OCC)[Sn]([CH2]CCC)([CH2]CCC)[CH2]CCC.CC(=O)c1cc(-c2ccc3ccccc3c2)nc2ccccc12.Clc1cc(-c2ccc3ccccc3c2)nc2ccccc12. The van der Waals surface area contributed by atoms with E-state index in [1.54, 1.807) is 6.92 Å². The first-order valence-electron chi connectivity index (χ1n) is 22.5. The number of hydrogen-bond donors (Lipinski definition) is 0. The third-order valence-corrected chi connectivity index (χ3v) is 27.1. The molecule has 0 atom stereocenters. The van der Waals surface area contributed by atoms with Crippen molar-refractivity contribution in [2.75, 3.05) is 6.61 Å². The summed E-state index contributed by atoms with van der Waals surface area (Å²) in [7, 11) is 0. The van der Waals surface area contributed by atoms with Crippen molar-refractivity contribution in [3.8, 4) is 22.5 Å². The van der Waals surface area contributed by atoms with Gasteiger partial charge in [-0.1, -0.05) is 121 Å². The van der Waals surface area contributed by atoms with Gasteiger partial charge in [-0.05, 0) is 64.9 Å². The molecule has 0 saturated carbocycles. The first-order chi connectivity index (χ1) is 30.2. The summed E-state index contributed by atoms with van der Waals surface area (Å²) in [6.45, 7) is 15.8. The van der Waals surface area contributed by atoms with Gasteiger partial charge in [-0.3, -0.25) is 4.79 Å². The van der Waals surface area contributed by atoms with Crippen molar-refractivity contribution < 1.29 is 9.53 Å². The number of nitrogens with zero attached hydrogens (tertiary/aromatic N) is 2. The molecular formula is C56H61ClN2O2Sn. The van der Waals surface area contributed by atoms with Crippen LogP contribution in [0, 0.1) is 0 Å². The van der Waals surface area contributed by atoms with Gasteiger partial charge in [0.2, 0.25) is 0 Å². The molecule has 0 amide bonds. The maximum atomic E-state index is 12.0. The number of aromatic nitrogens is 2. The second-order valence-electron chi connectivity index (χ2n) is 16.2. The number of ether oxygens (including phenoxy) is 1. The Morgan fingerprint density at radius 3 is 1.48 bits per heavy atom. The summed E-state index contributed by atoms with van der Waals surface area (Å²) < 4.78 is 11.6. The van der Waals surface area contributed by atoms with Crippen LogP contribution in [0.2, 0.25) is 18.3 Å². The number of rotatable bonds is 15. The monoisotopic (exact) mass is 948 g/mol. The molecule has 0 aliphatic heterocycles. The quantitative estimate of drug-likeness (QED) is 0.0584. The minimum atomic E-state index is -2.24. The fraction of sp³-hybridized carbons (Fsp3) is 0.268. The van der Waals surface area contributed by atoms with Crippen LogP contribution >= 0.6 is 11.6 Å². The van der Waals surface area contributed by atoms with E-state index in [2.05, 4.69) is 94.9 Å². The molecule has 8 rings (SSSR count). The first-order valence-corrected chi connectivity index (χ1v) is 30.3. The Bertz CT molecular complexity index is 2740. The molecule has 0 unspecified atom stereocenters. The Labute approximate surface area is 378 Å². The topological polar surface area (TPSA) is 52.1 Å². The van der Waals surface area contributed by atoms with Crippen LogP contribution in [0.15, 0.2) is 156 Å². The summed E-state index contributed by atoms with van der Waals surface area (Å²) >= 11 is 4.15. The molecule has 0 saturated heterocycles. The van der Waals surface area contributed by atoms with Crippen LogP contribution in [0.25, 0.3) is 65.9 Å². The van der Waals surface area contributed by atoms with Crippen LogP contribution in [0.3, 0.4) is 0 Å². The minimum absolute atomic E-state index is 0.0608. The Hall–Kier alpha value is -5.04. The summed E-state index contributed by atoms with van der Waals surface area (Å²) in [6.07, 6.45) is 8.10. The molecule has 318 valence electrons. The third-order valence-electron chi connectivity index (χ3n) is 11.8. The van der Waals surface area contributed by atoms with Crippen LogP contribution in [-0.2, 0) is 4.74 Å². The number of fused-ring (bicyclic) bond motifs is 4. The Morgan fingerprint density at radius 1 is 0.565 bits per heavy atom. The number of halogens is 1. The van der Waals surface area contributed by atoms with E-state index in [1.807, 2.05) is 84.9 Å². The van der Waals surface area contributed by atoms with Crippen LogP contribution in [-0.4, -0.2) is 40.7 Å². The molecule has 2 aromatic heterocycles. The van der Waals surface area contributed by atoms with Gasteiger partial charge in [0.15, 0.2) is 5.78 Å². The fourth-order valence-corrected chi connectivity index (χ4v) is 23.2. The summed E-state index contributed by atoms with van der Waals surface area (Å²) in [5.74, 6) is 0.0608. The summed E-state index contributed by atoms with van der Waals surface area (Å²) in [4.78, 5) is 21.5. The number of unbranched alkanes of at least 4 members (excludes halogenated alkanes) is 3. The van der Waals surface area contributed by atoms with Gasteiger partial charge in [0.25, 0.3) is 0 Å². The largest absolute Gasteiger partial charge is 0.294 e. The number of pyridine rings is 2. The van der Waals surface area contributed by atoms with Gasteiger partial charge >= 0.3 is 120 Å². The summed E-state index contributed by atoms with van der Waals surface area (Å²) in [6, 6.07) is 48.8. The number of Topliss-reactive ketones (excluding diaryl/α,β-unsaturated/α-hetero) is 1. The maximum Gasteiger partial charge on any atom is 0.160 e. The molecule has 0 bridgehead atoms. The zero-order chi connectivity index (χ0) is 43.9. The summed E-state index contributed by atoms with van der Waals surface area (Å²) in [5.41, 5.74) is 6.35. The van der Waals surface area contributed by atoms with E-state index in [4.69, 9.17) is 26.3 Å². The third kappa shape index (κ3) is 11.7. The van der Waals surface area contributed by atoms with E-state index in [1.165, 1.54) is 77.2 Å². The summed E-state index contributed by atoms with van der Waals surface area (Å²) in [5, 5.41) is 7.44. The van der Waals surface area contributed by atoms with Gasteiger partial charge in [-0.2, -0.15) is 0 Å². The average molecular weight is 948 g/mol. The number of para-hydroxylation sites is 2. The Balaban J connectivity index is 0.000000157. The first kappa shape index (κ1) is 46.5. The normalized spacial score (nSPS) is 11.2. The van der Waals surface area contributed by atoms with E-state index in [9.17, 15) is 4.79 Å². The zero-order valence-corrected chi connectivity index (χ0v) is 40.8. The second-order valence-corrected chi connectivity index (χ2v) is 29.8. The minimum Gasteiger partial charge on any atom is -0.294 e. The maximum absolute atomic E-state index is 12.0. The van der Waals surface area contributed by atoms with Crippen molar-refractivity contribution >= 4 is 79.1 Å². The number of benzene rings is 6. The van der Waals surface area contributed by atoms with Crippen molar-refractivity contribution in [3.63, 3.8) is 0 Å². The molecule has 8 aromatic rings. The molecule has 0 N–H and O–H groups in total. The van der Waals surface area contributed by atoms with E-state index < -0.39 is 18.4 Å². The Kier molecular flexibility index (Phi) is 17.1. The van der Waals surface area contributed by atoms with E-state index >= 15 is 0 Å². The number of hydrogen-bond acceptors (Lipinski definition) is 4. The molecule has 0 radical (unpaired) electrons. The van der Waals surface area contributed by atoms with E-state index in [-0.39, 0.29) is 5.78 Å². The molecule has 6 aromatic carbocycles. The van der Waals surface area contributed by atoms with Crippen molar-refractivity contribution in [1.29, 1.82) is 0 Å². The zero-order valence-electron chi connectivity index (χ0n) is 37.2. The standard InChI is InChI=1S/C21H15NO.C19H12ClN.C4H7O.3C4H9.Sn/c1-14(23)19-13-21(22-20-9-5-4-8-18(19)20)17-11-10-15-6-2-3-7-16(15)12-17;20-17-12-19(21-18-8-4-3-7-16(17)18)15-10-9-13-5-1-2-6-14(13)11-15;1-3-5-4-2;3*1-3-4-2;/h2-13H,1H3;1-12H;1,4H2,2H3;3*1,3-4H2,2H3;. The smallest absolute Gasteiger partial charge is 0.160 e. The molecular weight excluding hydrogens is 887 g/mol. The van der Waals surface area contributed by atoms with Gasteiger partial charge < -0.3 is 0 Å². The molecule has 62 heavy (non-hydrogen) atoms. The number of carbonyl (C=O) groups is 1. The predicted molar refractivity (Wildman–Crippen MR) is 270 cm³/mol. The van der Waals surface area contributed by atoms with Crippen LogP contribution in [0.4, 0.5) is 0 Å². The average Bonchev–Trinajstić information content (AvgIpc) is 3.31. The Morgan fingerprint density at radius 2 is 1.00 bits per heavy atom. The van der Waals surface area contributed by atoms with Crippen molar-refractivity contribution in [3.05, 3.63) is 167 Å². The van der Waals surface area contributed by atoms with Gasteiger partial charge in [0.1, 0.15) is 0 Å². The molecule has 0 fully saturated rings. The molecule has 2 heterocycles. The van der Waals surface area contributed by atoms with Crippen molar-refractivity contribution in [2.45, 2.75) is 86.5 Å². The van der Waals surface area contributed by atoms with Gasteiger partial charge in [0, 0.05) is 27.5 Å². The van der Waals surface area contributed by atoms with Crippen LogP contribution < -0.4 is 0 Å². The fourth-order valence-electron chi connectivity index (χ4n) is 8.26. The molecule has 0 aliphatic carbocycles. The van der Waals surface area contributed by atoms with Gasteiger partial charge in [-0.25, -0.2) is 9.97 Å². The van der Waals surface area contributed by atoms with E-state index in [0.29, 0.717) is 0 Å². The van der Waals surface area contributed by atoms with E-state index in [0.717, 1.165) is 61.5 Å². The van der Waals surface area contributed by atoms with Gasteiger partial charge in [0.05, 0.1) is 27.4 Å². The van der Waals surface area contributed by atoms with Crippen LogP contribution in [0.5, 0.6) is 0 Å². The molecule has 6 heteroatoms. The molecule has 4 nitrogen and oxygen atoms in total.